The average Bonchev–Trinajstić information content (AvgIpc) is 2.98. The number of hydrogen-bond donors (Lipinski definition) is 3. The molecule has 15 heteroatoms. The van der Waals surface area contributed by atoms with Gasteiger partial charge in [0.25, 0.3) is 0 Å². The number of aromatic nitrogens is 2. The van der Waals surface area contributed by atoms with Gasteiger partial charge < -0.3 is 39.4 Å². The topological polar surface area (TPSA) is 180 Å². The van der Waals surface area contributed by atoms with Gasteiger partial charge in [-0.05, 0) is 18.9 Å². The van der Waals surface area contributed by atoms with E-state index in [-0.39, 0.29) is 38.0 Å². The minimum absolute atomic E-state index is 0.0431. The SMILES string of the molecule is C[N+](C)(C)CC(CC(=O)[O-])OC(=O)CCCCC(=O)Nc1ccn([C@@H]2O[C@H](CO)[C@@H](O)C2(F)F)c(=O)n1. The van der Waals surface area contributed by atoms with Crippen LogP contribution in [0.4, 0.5) is 14.6 Å². The van der Waals surface area contributed by atoms with Crippen molar-refractivity contribution >= 4 is 23.7 Å². The van der Waals surface area contributed by atoms with Gasteiger partial charge in [0.05, 0.1) is 27.7 Å². The first-order chi connectivity index (χ1) is 17.1. The Balaban J connectivity index is 1.83. The second-order valence-electron chi connectivity index (χ2n) is 9.75. The minimum atomic E-state index is -3.86. The number of nitrogens with zero attached hydrogens (tertiary/aromatic N) is 3. The molecule has 37 heavy (non-hydrogen) atoms. The number of aliphatic carboxylic acids is 1. The molecule has 3 N–H and O–H groups in total. The number of rotatable bonds is 13. The summed E-state index contributed by atoms with van der Waals surface area (Å²) >= 11 is 0. The van der Waals surface area contributed by atoms with E-state index in [1.165, 1.54) is 0 Å². The zero-order chi connectivity index (χ0) is 28.0. The van der Waals surface area contributed by atoms with Gasteiger partial charge in [-0.1, -0.05) is 0 Å². The molecule has 0 spiro atoms. The quantitative estimate of drug-likeness (QED) is 0.151. The van der Waals surface area contributed by atoms with Crippen LogP contribution in [-0.2, 0) is 23.9 Å². The number of aliphatic hydroxyl groups excluding tert-OH is 2. The standard InChI is InChI=1S/C22H32F2N4O9/c1-28(2,3)11-13(10-17(31)32)36-18(33)7-5-4-6-16(30)25-15-8-9-27(21(35)26-15)20-22(23,24)19(34)14(12-29)37-20/h8-9,13-14,19-20,29,34H,4-7,10-12H2,1-3H3,(H-,25,26,30,31,32,35)/t13?,14-,19-,20-/m1/s1. The van der Waals surface area contributed by atoms with E-state index in [0.29, 0.717) is 9.05 Å². The largest absolute Gasteiger partial charge is 0.550 e. The summed E-state index contributed by atoms with van der Waals surface area (Å²) in [6, 6.07) is 1.10. The van der Waals surface area contributed by atoms with Crippen LogP contribution in [0.1, 0.15) is 38.3 Å². The van der Waals surface area contributed by atoms with Crippen molar-refractivity contribution in [2.24, 2.45) is 0 Å². The van der Waals surface area contributed by atoms with Crippen molar-refractivity contribution in [3.63, 3.8) is 0 Å². The van der Waals surface area contributed by atoms with E-state index >= 15 is 0 Å². The number of carboxylic acids is 1. The van der Waals surface area contributed by atoms with Crippen molar-refractivity contribution in [2.45, 2.75) is 62.6 Å². The zero-order valence-corrected chi connectivity index (χ0v) is 20.8. The second-order valence-corrected chi connectivity index (χ2v) is 9.75. The third kappa shape index (κ3) is 8.80. The Kier molecular flexibility index (Phi) is 10.2. The van der Waals surface area contributed by atoms with Crippen molar-refractivity contribution in [1.29, 1.82) is 0 Å². The van der Waals surface area contributed by atoms with Gasteiger partial charge in [0.2, 0.25) is 12.1 Å². The number of aliphatic hydroxyl groups is 2. The molecule has 1 saturated heterocycles. The molecule has 0 aliphatic carbocycles. The highest BCUT2D eigenvalue weighted by Gasteiger charge is 2.59. The van der Waals surface area contributed by atoms with Gasteiger partial charge in [-0.2, -0.15) is 13.8 Å². The highest BCUT2D eigenvalue weighted by Crippen LogP contribution is 2.41. The molecule has 1 aliphatic heterocycles. The number of unbranched alkanes of at least 4 members (excludes halogenated alkanes) is 1. The lowest BCUT2D eigenvalue weighted by Gasteiger charge is -2.29. The Bertz CT molecular complexity index is 1030. The van der Waals surface area contributed by atoms with Crippen LogP contribution >= 0.6 is 0 Å². The normalized spacial score (nSPS) is 21.9. The van der Waals surface area contributed by atoms with Crippen LogP contribution in [0, 0.1) is 0 Å². The van der Waals surface area contributed by atoms with Crippen LogP contribution in [0.2, 0.25) is 0 Å². The van der Waals surface area contributed by atoms with E-state index in [4.69, 9.17) is 14.6 Å². The van der Waals surface area contributed by atoms with E-state index < -0.39 is 67.0 Å². The number of carbonyl (C=O) groups excluding carboxylic acids is 3. The second kappa shape index (κ2) is 12.5. The van der Waals surface area contributed by atoms with E-state index in [0.717, 1.165) is 12.3 Å². The fourth-order valence-corrected chi connectivity index (χ4v) is 3.72. The number of quaternary nitrogens is 1. The van der Waals surface area contributed by atoms with Gasteiger partial charge in [-0.25, -0.2) is 4.79 Å². The molecule has 0 aromatic carbocycles. The van der Waals surface area contributed by atoms with E-state index in [1.807, 2.05) is 21.1 Å². The lowest BCUT2D eigenvalue weighted by Crippen LogP contribution is -2.45. The van der Waals surface area contributed by atoms with Gasteiger partial charge in [0, 0.05) is 31.4 Å². The summed E-state index contributed by atoms with van der Waals surface area (Å²) in [6.07, 6.45) is -5.99. The predicted molar refractivity (Wildman–Crippen MR) is 120 cm³/mol. The molecule has 1 amide bonds. The molecule has 1 aliphatic rings. The van der Waals surface area contributed by atoms with Crippen molar-refractivity contribution in [1.82, 2.24) is 9.55 Å². The van der Waals surface area contributed by atoms with Gasteiger partial charge in [0.15, 0.2) is 12.2 Å². The Morgan fingerprint density at radius 3 is 2.49 bits per heavy atom. The molecular weight excluding hydrogens is 502 g/mol. The Hall–Kier alpha value is -3.01. The van der Waals surface area contributed by atoms with Crippen molar-refractivity contribution in [3.05, 3.63) is 22.7 Å². The first-order valence-corrected chi connectivity index (χ1v) is 11.5. The van der Waals surface area contributed by atoms with E-state index in [9.17, 15) is 38.2 Å². The maximum absolute atomic E-state index is 14.2. The maximum atomic E-state index is 14.2. The van der Waals surface area contributed by atoms with Crippen LogP contribution in [0.25, 0.3) is 0 Å². The number of esters is 1. The molecule has 1 unspecified atom stereocenters. The summed E-state index contributed by atoms with van der Waals surface area (Å²) in [5.74, 6) is -6.54. The lowest BCUT2D eigenvalue weighted by molar-refractivity contribution is -0.873. The summed E-state index contributed by atoms with van der Waals surface area (Å²) in [7, 11) is 5.46. The lowest BCUT2D eigenvalue weighted by atomic mass is 10.1. The highest BCUT2D eigenvalue weighted by molar-refractivity contribution is 5.89. The van der Waals surface area contributed by atoms with E-state index in [1.54, 1.807) is 0 Å². The van der Waals surface area contributed by atoms with Gasteiger partial charge in [-0.3, -0.25) is 14.2 Å². The monoisotopic (exact) mass is 534 g/mol. The summed E-state index contributed by atoms with van der Waals surface area (Å²) in [5, 5.41) is 31.9. The predicted octanol–water partition coefficient (Wildman–Crippen LogP) is -1.61. The number of hydrogen-bond acceptors (Lipinski definition) is 10. The minimum Gasteiger partial charge on any atom is -0.550 e. The molecule has 0 saturated carbocycles. The molecule has 1 fully saturated rings. The zero-order valence-electron chi connectivity index (χ0n) is 20.8. The van der Waals surface area contributed by atoms with Crippen LogP contribution in [0.15, 0.2) is 17.1 Å². The Labute approximate surface area is 211 Å². The summed E-state index contributed by atoms with van der Waals surface area (Å²) in [5.41, 5.74) is -1.17. The molecular formula is C22H32F2N4O9. The van der Waals surface area contributed by atoms with E-state index in [2.05, 4.69) is 10.3 Å². The van der Waals surface area contributed by atoms with Crippen molar-refractivity contribution in [3.8, 4) is 0 Å². The molecule has 2 heterocycles. The van der Waals surface area contributed by atoms with Crippen LogP contribution in [0.3, 0.4) is 0 Å². The highest BCUT2D eigenvalue weighted by atomic mass is 19.3. The summed E-state index contributed by atoms with van der Waals surface area (Å²) in [6.45, 7) is -0.598. The number of carboxylic acid groups (broad SMARTS) is 1. The number of ether oxygens (including phenoxy) is 2. The Morgan fingerprint density at radius 1 is 1.30 bits per heavy atom. The van der Waals surface area contributed by atoms with Gasteiger partial charge in [0.1, 0.15) is 18.5 Å². The molecule has 1 aromatic heterocycles. The van der Waals surface area contributed by atoms with Crippen LogP contribution in [0.5, 0.6) is 0 Å². The fraction of sp³-hybridized carbons (Fsp3) is 0.682. The third-order valence-electron chi connectivity index (χ3n) is 5.39. The molecule has 1 aromatic rings. The number of carbonyl (C=O) groups is 3. The number of likely N-dealkylation sites (N-methyl/N-ethyl adjacent to an activating group) is 1. The maximum Gasteiger partial charge on any atom is 0.351 e. The number of amides is 1. The molecule has 4 atom stereocenters. The number of halogens is 2. The number of nitrogens with one attached hydrogen (secondary N) is 1. The first-order valence-electron chi connectivity index (χ1n) is 11.5. The third-order valence-corrected chi connectivity index (χ3v) is 5.39. The van der Waals surface area contributed by atoms with Crippen LogP contribution in [-0.4, -0.2) is 101 Å². The molecule has 0 bridgehead atoms. The van der Waals surface area contributed by atoms with Gasteiger partial charge in [-0.15, -0.1) is 0 Å². The smallest absolute Gasteiger partial charge is 0.351 e. The first kappa shape index (κ1) is 30.2. The number of alkyl halides is 2. The van der Waals surface area contributed by atoms with Crippen LogP contribution < -0.4 is 16.1 Å². The number of anilines is 1. The molecule has 13 nitrogen and oxygen atoms in total. The molecule has 0 radical (unpaired) electrons. The van der Waals surface area contributed by atoms with Gasteiger partial charge >= 0.3 is 17.6 Å². The molecule has 208 valence electrons. The summed E-state index contributed by atoms with van der Waals surface area (Å²) < 4.78 is 39.4. The van der Waals surface area contributed by atoms with Crippen molar-refractivity contribution < 1.29 is 52.4 Å². The molecule has 2 rings (SSSR count). The fourth-order valence-electron chi connectivity index (χ4n) is 3.72. The average molecular weight is 535 g/mol. The Morgan fingerprint density at radius 2 is 1.95 bits per heavy atom. The van der Waals surface area contributed by atoms with Crippen molar-refractivity contribution in [2.75, 3.05) is 39.6 Å². The summed E-state index contributed by atoms with van der Waals surface area (Å²) in [4.78, 5) is 50.8.